The Balaban J connectivity index is 1.87. The predicted octanol–water partition coefficient (Wildman–Crippen LogP) is 3.08. The smallest absolute Gasteiger partial charge is 0.271 e. The number of oxazole rings is 1. The maximum absolute atomic E-state index is 10.8. The van der Waals surface area contributed by atoms with Crippen molar-refractivity contribution >= 4 is 16.8 Å². The average Bonchev–Trinajstić information content (AvgIpc) is 3.12. The van der Waals surface area contributed by atoms with Crippen LogP contribution < -0.4 is 0 Å². The van der Waals surface area contributed by atoms with Gasteiger partial charge in [0.1, 0.15) is 24.0 Å². The number of aromatic nitrogens is 3. The minimum absolute atomic E-state index is 0.00867. The van der Waals surface area contributed by atoms with E-state index in [2.05, 4.69) is 9.97 Å². The Hall–Kier alpha value is -2.74. The second-order valence-corrected chi connectivity index (χ2v) is 5.03. The van der Waals surface area contributed by atoms with Gasteiger partial charge in [0.2, 0.25) is 5.89 Å². The fourth-order valence-corrected chi connectivity index (χ4v) is 2.43. The molecule has 23 heavy (non-hydrogen) atoms. The fourth-order valence-electron chi connectivity index (χ4n) is 2.43. The number of nitro groups is 1. The van der Waals surface area contributed by atoms with E-state index in [1.54, 1.807) is 12.3 Å². The van der Waals surface area contributed by atoms with E-state index in [0.717, 1.165) is 5.82 Å². The summed E-state index contributed by atoms with van der Waals surface area (Å²) < 4.78 is 13.1. The number of fused-ring (bicyclic) bond motifs is 1. The summed E-state index contributed by atoms with van der Waals surface area (Å²) in [7, 11) is 0. The number of hydrogen-bond donors (Lipinski definition) is 0. The zero-order valence-electron chi connectivity index (χ0n) is 12.8. The first-order valence-electron chi connectivity index (χ1n) is 7.25. The summed E-state index contributed by atoms with van der Waals surface area (Å²) in [5.41, 5.74) is 0.976. The van der Waals surface area contributed by atoms with Crippen molar-refractivity contribution in [3.05, 3.63) is 52.4 Å². The summed E-state index contributed by atoms with van der Waals surface area (Å²) >= 11 is 0. The molecule has 0 aliphatic heterocycles. The van der Waals surface area contributed by atoms with E-state index < -0.39 is 4.92 Å². The summed E-state index contributed by atoms with van der Waals surface area (Å²) in [4.78, 5) is 19.0. The quantitative estimate of drug-likeness (QED) is 0.512. The van der Waals surface area contributed by atoms with Gasteiger partial charge in [0.15, 0.2) is 5.58 Å². The van der Waals surface area contributed by atoms with E-state index in [9.17, 15) is 10.1 Å². The van der Waals surface area contributed by atoms with Crippen LogP contribution in [0.3, 0.4) is 0 Å². The molecule has 0 amide bonds. The van der Waals surface area contributed by atoms with Crippen LogP contribution >= 0.6 is 0 Å². The summed E-state index contributed by atoms with van der Waals surface area (Å²) in [6.07, 6.45) is 3.38. The second-order valence-electron chi connectivity index (χ2n) is 5.03. The van der Waals surface area contributed by atoms with Crippen molar-refractivity contribution in [3.63, 3.8) is 0 Å². The van der Waals surface area contributed by atoms with Crippen LogP contribution in [0.2, 0.25) is 0 Å². The lowest BCUT2D eigenvalue weighted by Gasteiger charge is -2.12. The molecule has 0 saturated carbocycles. The number of nitrogens with zero attached hydrogens (tertiary/aromatic N) is 4. The number of hydrogen-bond acceptors (Lipinski definition) is 6. The Bertz CT molecular complexity index is 839. The minimum atomic E-state index is -0.453. The molecule has 8 nitrogen and oxygen atoms in total. The molecule has 3 rings (SSSR count). The average molecular weight is 316 g/mol. The first kappa shape index (κ1) is 15.2. The van der Waals surface area contributed by atoms with Crippen LogP contribution in [0.25, 0.3) is 11.1 Å². The predicted molar refractivity (Wildman–Crippen MR) is 82.0 cm³/mol. The van der Waals surface area contributed by atoms with Crippen LogP contribution in [0.15, 0.2) is 35.0 Å². The molecule has 0 unspecified atom stereocenters. The van der Waals surface area contributed by atoms with Gasteiger partial charge >= 0.3 is 0 Å². The van der Waals surface area contributed by atoms with Crippen LogP contribution in [0.5, 0.6) is 0 Å². The molecule has 0 bridgehead atoms. The highest BCUT2D eigenvalue weighted by Gasteiger charge is 2.15. The third-order valence-corrected chi connectivity index (χ3v) is 3.46. The lowest BCUT2D eigenvalue weighted by Crippen LogP contribution is -2.10. The zero-order chi connectivity index (χ0) is 16.4. The van der Waals surface area contributed by atoms with Gasteiger partial charge in [-0.25, -0.2) is 9.97 Å². The van der Waals surface area contributed by atoms with Crippen LogP contribution in [0.4, 0.5) is 5.69 Å². The van der Waals surface area contributed by atoms with Gasteiger partial charge in [0, 0.05) is 31.1 Å². The molecule has 0 aliphatic rings. The van der Waals surface area contributed by atoms with Crippen LogP contribution in [0, 0.1) is 10.1 Å². The third kappa shape index (κ3) is 3.07. The monoisotopic (exact) mass is 316 g/mol. The van der Waals surface area contributed by atoms with Gasteiger partial charge in [-0.3, -0.25) is 10.1 Å². The molecule has 3 aromatic rings. The molecule has 0 saturated heterocycles. The van der Waals surface area contributed by atoms with Crippen LogP contribution in [-0.4, -0.2) is 26.1 Å². The maximum Gasteiger partial charge on any atom is 0.271 e. The van der Waals surface area contributed by atoms with Gasteiger partial charge in [0.25, 0.3) is 5.69 Å². The molecule has 0 N–H and O–H groups in total. The highest BCUT2D eigenvalue weighted by Crippen LogP contribution is 2.22. The molecule has 1 atom stereocenters. The van der Waals surface area contributed by atoms with Gasteiger partial charge in [-0.15, -0.1) is 0 Å². The molecule has 1 aromatic carbocycles. The van der Waals surface area contributed by atoms with E-state index in [-0.39, 0.29) is 11.8 Å². The largest absolute Gasteiger partial charge is 0.439 e. The number of imidazole rings is 1. The van der Waals surface area contributed by atoms with E-state index in [1.807, 2.05) is 24.6 Å². The lowest BCUT2D eigenvalue weighted by molar-refractivity contribution is -0.384. The SMILES string of the molecule is CCO[C@H](C)c1nccn1Cc1nc2cc([N+](=O)[O-])ccc2o1. The topological polar surface area (TPSA) is 96.2 Å². The highest BCUT2D eigenvalue weighted by molar-refractivity contribution is 5.75. The molecule has 0 fully saturated rings. The molecule has 8 heteroatoms. The van der Waals surface area contributed by atoms with E-state index in [4.69, 9.17) is 9.15 Å². The number of benzene rings is 1. The molecule has 0 spiro atoms. The molecule has 0 radical (unpaired) electrons. The Morgan fingerprint density at radius 3 is 3.04 bits per heavy atom. The van der Waals surface area contributed by atoms with Crippen molar-refractivity contribution in [2.45, 2.75) is 26.5 Å². The standard InChI is InChI=1S/C15H16N4O4/c1-3-22-10(2)15-16-6-7-18(15)9-14-17-12-8-11(19(20)21)4-5-13(12)23-14/h4-8,10H,3,9H2,1-2H3/t10-/m1/s1. The van der Waals surface area contributed by atoms with E-state index in [1.165, 1.54) is 12.1 Å². The third-order valence-electron chi connectivity index (χ3n) is 3.46. The van der Waals surface area contributed by atoms with Gasteiger partial charge in [0.05, 0.1) is 4.92 Å². The first-order chi connectivity index (χ1) is 11.1. The van der Waals surface area contributed by atoms with Gasteiger partial charge in [-0.2, -0.15) is 0 Å². The second kappa shape index (κ2) is 6.17. The van der Waals surface area contributed by atoms with Gasteiger partial charge in [-0.1, -0.05) is 0 Å². The lowest BCUT2D eigenvalue weighted by atomic mass is 10.3. The van der Waals surface area contributed by atoms with Crippen molar-refractivity contribution in [1.82, 2.24) is 14.5 Å². The van der Waals surface area contributed by atoms with Gasteiger partial charge in [-0.05, 0) is 19.9 Å². The Morgan fingerprint density at radius 1 is 1.48 bits per heavy atom. The normalized spacial score (nSPS) is 12.6. The zero-order valence-corrected chi connectivity index (χ0v) is 12.8. The van der Waals surface area contributed by atoms with Crippen LogP contribution in [0.1, 0.15) is 31.7 Å². The molecule has 2 aromatic heterocycles. The van der Waals surface area contributed by atoms with E-state index >= 15 is 0 Å². The Kier molecular flexibility index (Phi) is 4.07. The van der Waals surface area contributed by atoms with Crippen molar-refractivity contribution < 1.29 is 14.1 Å². The molecule has 120 valence electrons. The number of rotatable bonds is 6. The molecule has 2 heterocycles. The summed E-state index contributed by atoms with van der Waals surface area (Å²) in [6, 6.07) is 4.36. The van der Waals surface area contributed by atoms with E-state index in [0.29, 0.717) is 30.1 Å². The Labute approximate surface area is 131 Å². The fraction of sp³-hybridized carbons (Fsp3) is 0.333. The summed E-state index contributed by atoms with van der Waals surface area (Å²) in [5.74, 6) is 1.24. The highest BCUT2D eigenvalue weighted by atomic mass is 16.6. The van der Waals surface area contributed by atoms with Crippen molar-refractivity contribution in [3.8, 4) is 0 Å². The van der Waals surface area contributed by atoms with Crippen molar-refractivity contribution in [2.75, 3.05) is 6.61 Å². The minimum Gasteiger partial charge on any atom is -0.439 e. The van der Waals surface area contributed by atoms with Crippen molar-refractivity contribution in [1.29, 1.82) is 0 Å². The number of ether oxygens (including phenoxy) is 1. The van der Waals surface area contributed by atoms with Crippen LogP contribution in [-0.2, 0) is 11.3 Å². The maximum atomic E-state index is 10.8. The molecule has 0 aliphatic carbocycles. The summed E-state index contributed by atoms with van der Waals surface area (Å²) in [6.45, 7) is 4.84. The summed E-state index contributed by atoms with van der Waals surface area (Å²) in [5, 5.41) is 10.8. The number of nitro benzene ring substituents is 1. The van der Waals surface area contributed by atoms with Gasteiger partial charge < -0.3 is 13.7 Å². The van der Waals surface area contributed by atoms with Crippen molar-refractivity contribution in [2.24, 2.45) is 0 Å². The number of non-ortho nitro benzene ring substituents is 1. The Morgan fingerprint density at radius 2 is 2.30 bits per heavy atom. The molecular formula is C15H16N4O4. The molecular weight excluding hydrogens is 300 g/mol. The first-order valence-corrected chi connectivity index (χ1v) is 7.25.